The second kappa shape index (κ2) is 7.45. The highest BCUT2D eigenvalue weighted by Gasteiger charge is 2.12. The standard InChI is InChI=1S/C22H20N2O2S/c1-14(25)23-11-12-27-13-20(26)24-19-10-8-17-6-5-15-3-2-4-16-7-9-18(19)22(17)21(15)16/h2-10H,11-13H2,1H3,(H,23,25)(H,24,26). The third kappa shape index (κ3) is 3.55. The summed E-state index contributed by atoms with van der Waals surface area (Å²) in [7, 11) is 0. The van der Waals surface area contributed by atoms with E-state index < -0.39 is 0 Å². The second-order valence-corrected chi connectivity index (χ2v) is 7.66. The van der Waals surface area contributed by atoms with Gasteiger partial charge in [-0.2, -0.15) is 11.8 Å². The summed E-state index contributed by atoms with van der Waals surface area (Å²) in [6.45, 7) is 2.07. The summed E-state index contributed by atoms with van der Waals surface area (Å²) < 4.78 is 0. The fourth-order valence-corrected chi connectivity index (χ4v) is 4.14. The van der Waals surface area contributed by atoms with Gasteiger partial charge in [-0.25, -0.2) is 0 Å². The molecule has 27 heavy (non-hydrogen) atoms. The van der Waals surface area contributed by atoms with Gasteiger partial charge in [-0.3, -0.25) is 9.59 Å². The van der Waals surface area contributed by atoms with Crippen LogP contribution in [0.3, 0.4) is 0 Å². The average Bonchev–Trinajstić information content (AvgIpc) is 2.66. The molecular formula is C22H20N2O2S. The number of nitrogens with one attached hydrogen (secondary N) is 2. The first-order valence-corrected chi connectivity index (χ1v) is 10.1. The molecule has 0 aliphatic heterocycles. The minimum atomic E-state index is -0.0475. The van der Waals surface area contributed by atoms with Crippen LogP contribution in [0.1, 0.15) is 6.92 Å². The fourth-order valence-electron chi connectivity index (χ4n) is 3.49. The zero-order valence-electron chi connectivity index (χ0n) is 15.0. The Hall–Kier alpha value is -2.79. The first-order valence-electron chi connectivity index (χ1n) is 8.92. The summed E-state index contributed by atoms with van der Waals surface area (Å²) in [4.78, 5) is 23.2. The highest BCUT2D eigenvalue weighted by molar-refractivity contribution is 7.99. The Kier molecular flexibility index (Phi) is 4.86. The van der Waals surface area contributed by atoms with Crippen LogP contribution in [-0.2, 0) is 9.59 Å². The third-order valence-corrected chi connectivity index (χ3v) is 5.62. The van der Waals surface area contributed by atoms with E-state index in [1.807, 2.05) is 6.07 Å². The number of amides is 2. The molecule has 0 bridgehead atoms. The Morgan fingerprint density at radius 1 is 0.889 bits per heavy atom. The fraction of sp³-hybridized carbons (Fsp3) is 0.182. The van der Waals surface area contributed by atoms with Gasteiger partial charge in [-0.05, 0) is 33.0 Å². The van der Waals surface area contributed by atoms with Crippen LogP contribution in [0.25, 0.3) is 32.3 Å². The summed E-state index contributed by atoms with van der Waals surface area (Å²) >= 11 is 1.51. The number of benzene rings is 4. The molecule has 2 amide bonds. The average molecular weight is 376 g/mol. The van der Waals surface area contributed by atoms with Gasteiger partial charge in [0.2, 0.25) is 11.8 Å². The molecule has 0 fully saturated rings. The lowest BCUT2D eigenvalue weighted by Crippen LogP contribution is -2.23. The molecule has 0 aliphatic carbocycles. The van der Waals surface area contributed by atoms with E-state index in [1.165, 1.54) is 45.6 Å². The Morgan fingerprint density at radius 3 is 2.30 bits per heavy atom. The van der Waals surface area contributed by atoms with Gasteiger partial charge in [-0.1, -0.05) is 48.5 Å². The monoisotopic (exact) mass is 376 g/mol. The van der Waals surface area contributed by atoms with Crippen LogP contribution in [0, 0.1) is 0 Å². The highest BCUT2D eigenvalue weighted by atomic mass is 32.2. The van der Waals surface area contributed by atoms with E-state index in [2.05, 4.69) is 59.2 Å². The molecular weight excluding hydrogens is 356 g/mol. The molecule has 4 nitrogen and oxygen atoms in total. The predicted octanol–water partition coefficient (Wildman–Crippen LogP) is 4.39. The van der Waals surface area contributed by atoms with Crippen LogP contribution >= 0.6 is 11.8 Å². The quantitative estimate of drug-likeness (QED) is 0.388. The molecule has 0 saturated heterocycles. The van der Waals surface area contributed by atoms with Crippen molar-refractivity contribution in [2.45, 2.75) is 6.92 Å². The maximum Gasteiger partial charge on any atom is 0.234 e. The smallest absolute Gasteiger partial charge is 0.234 e. The number of carbonyl (C=O) groups is 2. The van der Waals surface area contributed by atoms with E-state index in [9.17, 15) is 9.59 Å². The molecule has 0 atom stereocenters. The van der Waals surface area contributed by atoms with E-state index in [0.29, 0.717) is 18.1 Å². The first kappa shape index (κ1) is 17.6. The van der Waals surface area contributed by atoms with Crippen LogP contribution in [0.5, 0.6) is 0 Å². The second-order valence-electron chi connectivity index (χ2n) is 6.55. The first-order chi connectivity index (χ1) is 13.1. The normalized spacial score (nSPS) is 11.3. The van der Waals surface area contributed by atoms with Gasteiger partial charge in [0.15, 0.2) is 0 Å². The van der Waals surface area contributed by atoms with Crippen molar-refractivity contribution in [3.63, 3.8) is 0 Å². The van der Waals surface area contributed by atoms with Gasteiger partial charge >= 0.3 is 0 Å². The van der Waals surface area contributed by atoms with Crippen LogP contribution in [0.4, 0.5) is 5.69 Å². The largest absolute Gasteiger partial charge is 0.356 e. The van der Waals surface area contributed by atoms with E-state index in [1.54, 1.807) is 0 Å². The van der Waals surface area contributed by atoms with Crippen molar-refractivity contribution < 1.29 is 9.59 Å². The van der Waals surface area contributed by atoms with Crippen molar-refractivity contribution in [1.29, 1.82) is 0 Å². The van der Waals surface area contributed by atoms with Crippen LogP contribution in [0.2, 0.25) is 0 Å². The number of hydrogen-bond donors (Lipinski definition) is 2. The lowest BCUT2D eigenvalue weighted by Gasteiger charge is -2.14. The molecule has 4 rings (SSSR count). The molecule has 0 aliphatic rings. The molecule has 5 heteroatoms. The highest BCUT2D eigenvalue weighted by Crippen LogP contribution is 2.37. The van der Waals surface area contributed by atoms with Gasteiger partial charge in [0.25, 0.3) is 0 Å². The van der Waals surface area contributed by atoms with Crippen molar-refractivity contribution in [3.8, 4) is 0 Å². The minimum Gasteiger partial charge on any atom is -0.356 e. The van der Waals surface area contributed by atoms with Crippen molar-refractivity contribution in [2.24, 2.45) is 0 Å². The lowest BCUT2D eigenvalue weighted by atomic mass is 9.93. The Balaban J connectivity index is 1.57. The zero-order chi connectivity index (χ0) is 18.8. The van der Waals surface area contributed by atoms with Crippen LogP contribution < -0.4 is 10.6 Å². The lowest BCUT2D eigenvalue weighted by molar-refractivity contribution is -0.118. The Morgan fingerprint density at radius 2 is 1.56 bits per heavy atom. The number of hydrogen-bond acceptors (Lipinski definition) is 3. The minimum absolute atomic E-state index is 0.0298. The van der Waals surface area contributed by atoms with E-state index >= 15 is 0 Å². The summed E-state index contributed by atoms with van der Waals surface area (Å²) in [6, 6.07) is 18.8. The van der Waals surface area contributed by atoms with Crippen molar-refractivity contribution in [2.75, 3.05) is 23.4 Å². The molecule has 0 heterocycles. The molecule has 0 radical (unpaired) electrons. The molecule has 136 valence electrons. The van der Waals surface area contributed by atoms with E-state index in [-0.39, 0.29) is 11.8 Å². The maximum atomic E-state index is 12.3. The SMILES string of the molecule is CC(=O)NCCSCC(=O)Nc1ccc2ccc3cccc4ccc1c2c34. The Labute approximate surface area is 161 Å². The topological polar surface area (TPSA) is 58.2 Å². The Bertz CT molecular complexity index is 1120. The number of carbonyl (C=O) groups excluding carboxylic acids is 2. The van der Waals surface area contributed by atoms with E-state index in [0.717, 1.165) is 11.1 Å². The van der Waals surface area contributed by atoms with E-state index in [4.69, 9.17) is 0 Å². The predicted molar refractivity (Wildman–Crippen MR) is 115 cm³/mol. The molecule has 4 aromatic carbocycles. The molecule has 0 saturated carbocycles. The molecule has 4 aromatic rings. The summed E-state index contributed by atoms with van der Waals surface area (Å²) in [5.41, 5.74) is 0.841. The molecule has 0 unspecified atom stereocenters. The number of thioether (sulfide) groups is 1. The zero-order valence-corrected chi connectivity index (χ0v) is 15.9. The van der Waals surface area contributed by atoms with Gasteiger partial charge in [0, 0.05) is 30.3 Å². The van der Waals surface area contributed by atoms with Crippen molar-refractivity contribution in [1.82, 2.24) is 5.32 Å². The van der Waals surface area contributed by atoms with Gasteiger partial charge < -0.3 is 10.6 Å². The van der Waals surface area contributed by atoms with Crippen molar-refractivity contribution in [3.05, 3.63) is 54.6 Å². The van der Waals surface area contributed by atoms with Gasteiger partial charge in [-0.15, -0.1) is 0 Å². The molecule has 2 N–H and O–H groups in total. The third-order valence-electron chi connectivity index (χ3n) is 4.66. The van der Waals surface area contributed by atoms with Crippen LogP contribution in [-0.4, -0.2) is 29.9 Å². The van der Waals surface area contributed by atoms with Gasteiger partial charge in [0.05, 0.1) is 5.75 Å². The van der Waals surface area contributed by atoms with Crippen LogP contribution in [0.15, 0.2) is 54.6 Å². The summed E-state index contributed by atoms with van der Waals surface area (Å²) in [5, 5.41) is 12.9. The van der Waals surface area contributed by atoms with Crippen molar-refractivity contribution >= 4 is 61.6 Å². The molecule has 0 spiro atoms. The summed E-state index contributed by atoms with van der Waals surface area (Å²) in [5.74, 6) is 0.999. The summed E-state index contributed by atoms with van der Waals surface area (Å²) in [6.07, 6.45) is 0. The van der Waals surface area contributed by atoms with Gasteiger partial charge in [0.1, 0.15) is 0 Å². The molecule has 0 aromatic heterocycles. The number of rotatable bonds is 6. The maximum absolute atomic E-state index is 12.3. The number of anilines is 1.